The fourth-order valence-corrected chi connectivity index (χ4v) is 1.49. The Morgan fingerprint density at radius 3 is 2.25 bits per heavy atom. The molecule has 1 atom stereocenters. The van der Waals surface area contributed by atoms with Gasteiger partial charge in [0.25, 0.3) is 0 Å². The number of rotatable bonds is 8. The van der Waals surface area contributed by atoms with Gasteiger partial charge in [0.2, 0.25) is 0 Å². The Morgan fingerprint density at radius 1 is 1.12 bits per heavy atom. The van der Waals surface area contributed by atoms with Crippen LogP contribution in [0.25, 0.3) is 0 Å². The monoisotopic (exact) mass is 340 g/mol. The van der Waals surface area contributed by atoms with E-state index in [4.69, 9.17) is 18.9 Å². The van der Waals surface area contributed by atoms with Gasteiger partial charge in [0.1, 0.15) is 12.7 Å². The maximum atomic E-state index is 11.0. The first-order chi connectivity index (χ1) is 11.4. The van der Waals surface area contributed by atoms with Crippen molar-refractivity contribution >= 4 is 11.9 Å². The highest BCUT2D eigenvalue weighted by Crippen LogP contribution is 2.10. The summed E-state index contributed by atoms with van der Waals surface area (Å²) in [7, 11) is 1.61. The zero-order valence-corrected chi connectivity index (χ0v) is 14.8. The van der Waals surface area contributed by atoms with Crippen LogP contribution >= 0.6 is 0 Å². The summed E-state index contributed by atoms with van der Waals surface area (Å²) in [6.07, 6.45) is 6.23. The average Bonchev–Trinajstić information content (AvgIpc) is 2.57. The number of allylic oxidation sites excluding steroid dienone is 1. The number of esters is 2. The predicted molar refractivity (Wildman–Crippen MR) is 91.3 cm³/mol. The molecule has 0 aromatic carbocycles. The van der Waals surface area contributed by atoms with E-state index in [0.717, 1.165) is 19.3 Å². The van der Waals surface area contributed by atoms with E-state index in [1.807, 2.05) is 6.08 Å². The Balaban J connectivity index is 0.000000449. The van der Waals surface area contributed by atoms with Crippen LogP contribution in [-0.2, 0) is 28.5 Å². The van der Waals surface area contributed by atoms with Gasteiger partial charge < -0.3 is 18.9 Å². The number of ether oxygens (including phenoxy) is 4. The van der Waals surface area contributed by atoms with Gasteiger partial charge in [-0.05, 0) is 32.8 Å². The Hall–Kier alpha value is -2.08. The van der Waals surface area contributed by atoms with Crippen LogP contribution < -0.4 is 0 Å². The average molecular weight is 340 g/mol. The highest BCUT2D eigenvalue weighted by molar-refractivity contribution is 5.87. The molecule has 0 aromatic rings. The lowest BCUT2D eigenvalue weighted by Gasteiger charge is -2.18. The smallest absolute Gasteiger partial charge is 0.333 e. The molecule has 1 unspecified atom stereocenters. The van der Waals surface area contributed by atoms with Crippen molar-refractivity contribution in [1.82, 2.24) is 0 Å². The molecule has 0 aliphatic carbocycles. The molecule has 6 nitrogen and oxygen atoms in total. The van der Waals surface area contributed by atoms with Crippen LogP contribution in [0.1, 0.15) is 33.1 Å². The van der Waals surface area contributed by atoms with Crippen molar-refractivity contribution in [3.8, 4) is 0 Å². The topological polar surface area (TPSA) is 71.1 Å². The third-order valence-electron chi connectivity index (χ3n) is 2.85. The molecule has 0 amide bonds. The molecule has 1 heterocycles. The van der Waals surface area contributed by atoms with E-state index in [1.165, 1.54) is 0 Å². The van der Waals surface area contributed by atoms with E-state index in [1.54, 1.807) is 27.2 Å². The van der Waals surface area contributed by atoms with Crippen LogP contribution in [0.3, 0.4) is 0 Å². The molecule has 0 saturated carbocycles. The van der Waals surface area contributed by atoms with Gasteiger partial charge in [-0.3, -0.25) is 0 Å². The van der Waals surface area contributed by atoms with Crippen molar-refractivity contribution in [1.29, 1.82) is 0 Å². The van der Waals surface area contributed by atoms with Crippen molar-refractivity contribution < 1.29 is 28.5 Å². The minimum absolute atomic E-state index is 0.00769. The van der Waals surface area contributed by atoms with Crippen molar-refractivity contribution in [3.63, 3.8) is 0 Å². The summed E-state index contributed by atoms with van der Waals surface area (Å²) in [5.74, 6) is -0.681. The normalized spacial score (nSPS) is 15.4. The fourth-order valence-electron chi connectivity index (χ4n) is 1.49. The molecular formula is C18H28O6. The van der Waals surface area contributed by atoms with Gasteiger partial charge in [0, 0.05) is 31.3 Å². The van der Waals surface area contributed by atoms with Gasteiger partial charge in [0.05, 0.1) is 12.9 Å². The third-order valence-corrected chi connectivity index (χ3v) is 2.85. The number of hydrogen-bond donors (Lipinski definition) is 0. The molecule has 0 fully saturated rings. The molecule has 0 saturated heterocycles. The minimum atomic E-state index is -0.349. The second-order valence-electron chi connectivity index (χ2n) is 5.35. The maximum absolute atomic E-state index is 11.0. The van der Waals surface area contributed by atoms with Crippen LogP contribution in [0.2, 0.25) is 0 Å². The summed E-state index contributed by atoms with van der Waals surface area (Å²) in [5, 5.41) is 0. The standard InChI is InChI=1S/C10H14O3.C8H14O3/c1-8(2)10(11)13-7-9-5-3-4-6-12-9;1-7(2)8(9)11-6-4-5-10-3/h4,6,9H,1,3,5,7H2,2H3;1,4-6H2,2-3H3. The largest absolute Gasteiger partial charge is 0.495 e. The number of carbonyl (C=O) groups is 2. The first-order valence-electron chi connectivity index (χ1n) is 7.83. The molecule has 1 aliphatic rings. The lowest BCUT2D eigenvalue weighted by Crippen LogP contribution is -2.22. The molecule has 0 radical (unpaired) electrons. The van der Waals surface area contributed by atoms with E-state index in [-0.39, 0.29) is 18.0 Å². The van der Waals surface area contributed by atoms with Crippen LogP contribution in [-0.4, -0.2) is 45.0 Å². The van der Waals surface area contributed by atoms with Crippen LogP contribution in [0.15, 0.2) is 36.6 Å². The molecule has 0 N–H and O–H groups in total. The van der Waals surface area contributed by atoms with Crippen molar-refractivity contribution in [3.05, 3.63) is 36.6 Å². The maximum Gasteiger partial charge on any atom is 0.333 e. The van der Waals surface area contributed by atoms with Crippen molar-refractivity contribution in [2.45, 2.75) is 39.2 Å². The molecule has 0 bridgehead atoms. The van der Waals surface area contributed by atoms with E-state index in [9.17, 15) is 9.59 Å². The van der Waals surface area contributed by atoms with Gasteiger partial charge in [-0.25, -0.2) is 9.59 Å². The lowest BCUT2D eigenvalue weighted by atomic mass is 10.2. The number of methoxy groups -OCH3 is 1. The summed E-state index contributed by atoms with van der Waals surface area (Å²) in [4.78, 5) is 21.7. The molecule has 1 aliphatic heterocycles. The summed E-state index contributed by atoms with van der Waals surface area (Å²) >= 11 is 0. The first-order valence-corrected chi connectivity index (χ1v) is 7.83. The van der Waals surface area contributed by atoms with Gasteiger partial charge in [-0.1, -0.05) is 13.2 Å². The first kappa shape index (κ1) is 21.9. The zero-order valence-electron chi connectivity index (χ0n) is 14.8. The Bertz CT molecular complexity index is 452. The molecule has 1 rings (SSSR count). The van der Waals surface area contributed by atoms with Gasteiger partial charge in [-0.15, -0.1) is 0 Å². The Morgan fingerprint density at radius 2 is 1.75 bits per heavy atom. The Labute approximate surface area is 144 Å². The minimum Gasteiger partial charge on any atom is -0.495 e. The zero-order chi connectivity index (χ0) is 18.4. The van der Waals surface area contributed by atoms with Crippen LogP contribution in [0, 0.1) is 0 Å². The molecule has 0 aromatic heterocycles. The molecular weight excluding hydrogens is 312 g/mol. The van der Waals surface area contributed by atoms with Gasteiger partial charge in [-0.2, -0.15) is 0 Å². The number of hydrogen-bond acceptors (Lipinski definition) is 6. The van der Waals surface area contributed by atoms with Crippen molar-refractivity contribution in [2.24, 2.45) is 0 Å². The second-order valence-corrected chi connectivity index (χ2v) is 5.35. The molecule has 24 heavy (non-hydrogen) atoms. The second kappa shape index (κ2) is 13.4. The lowest BCUT2D eigenvalue weighted by molar-refractivity contribution is -0.142. The van der Waals surface area contributed by atoms with Crippen molar-refractivity contribution in [2.75, 3.05) is 26.9 Å². The third kappa shape index (κ3) is 11.5. The number of carbonyl (C=O) groups excluding carboxylic acids is 2. The molecule has 136 valence electrons. The summed E-state index contributed by atoms with van der Waals surface area (Å²) in [6, 6.07) is 0. The van der Waals surface area contributed by atoms with E-state index in [2.05, 4.69) is 13.2 Å². The van der Waals surface area contributed by atoms with Gasteiger partial charge in [0.15, 0.2) is 0 Å². The van der Waals surface area contributed by atoms with E-state index >= 15 is 0 Å². The highest BCUT2D eigenvalue weighted by atomic mass is 16.6. The van der Waals surface area contributed by atoms with Gasteiger partial charge >= 0.3 is 11.9 Å². The fraction of sp³-hybridized carbons (Fsp3) is 0.556. The summed E-state index contributed by atoms with van der Waals surface area (Å²) in [6.45, 7) is 11.5. The Kier molecular flexibility index (Phi) is 12.2. The van der Waals surface area contributed by atoms with E-state index < -0.39 is 0 Å². The SMILES string of the molecule is C=C(C)C(=O)OCC1CCC=CO1.C=C(C)C(=O)OCCCOC. The van der Waals surface area contributed by atoms with Crippen LogP contribution in [0.4, 0.5) is 0 Å². The highest BCUT2D eigenvalue weighted by Gasteiger charge is 2.13. The summed E-state index contributed by atoms with van der Waals surface area (Å²) in [5.41, 5.74) is 0.855. The molecule has 0 spiro atoms. The molecule has 6 heteroatoms. The summed E-state index contributed by atoms with van der Waals surface area (Å²) < 4.78 is 19.7. The van der Waals surface area contributed by atoms with E-state index in [0.29, 0.717) is 31.0 Å². The van der Waals surface area contributed by atoms with Crippen LogP contribution in [0.5, 0.6) is 0 Å². The quantitative estimate of drug-likeness (QED) is 0.384. The predicted octanol–water partition coefficient (Wildman–Crippen LogP) is 2.94.